The molecule has 0 amide bonds. The van der Waals surface area contributed by atoms with Gasteiger partial charge in [0.05, 0.1) is 4.90 Å². The van der Waals surface area contributed by atoms with Crippen molar-refractivity contribution in [1.29, 1.82) is 0 Å². The minimum atomic E-state index is -1.83. The third-order valence-corrected chi connectivity index (χ3v) is 1.95. The highest BCUT2D eigenvalue weighted by Crippen LogP contribution is 2.00. The third-order valence-electron chi connectivity index (χ3n) is 1.27. The van der Waals surface area contributed by atoms with E-state index < -0.39 is 17.3 Å². The summed E-state index contributed by atoms with van der Waals surface area (Å²) in [7, 11) is 0. The number of rotatable bonds is 2. The summed E-state index contributed by atoms with van der Waals surface area (Å²) in [6, 6.07) is 8.47. The molecule has 1 aromatic carbocycles. The van der Waals surface area contributed by atoms with E-state index in [0.717, 1.165) is 0 Å². The van der Waals surface area contributed by atoms with Crippen molar-refractivity contribution in [3.63, 3.8) is 0 Å². The van der Waals surface area contributed by atoms with E-state index in [1.165, 1.54) is 13.0 Å². The normalized spacial score (nSPS) is 13.4. The van der Waals surface area contributed by atoms with Gasteiger partial charge in [-0.1, -0.05) is 24.3 Å². The lowest BCUT2D eigenvalue weighted by Gasteiger charge is -1.89. The second-order valence-electron chi connectivity index (χ2n) is 2.48. The van der Waals surface area contributed by atoms with E-state index >= 15 is 0 Å². The molecule has 0 aliphatic rings. The van der Waals surface area contributed by atoms with E-state index in [1.807, 2.05) is 0 Å². The van der Waals surface area contributed by atoms with E-state index in [9.17, 15) is 8.60 Å². The summed E-state index contributed by atoms with van der Waals surface area (Å²) in [6.45, 7) is 4.62. The summed E-state index contributed by atoms with van der Waals surface area (Å²) < 4.78 is 30.1. The van der Waals surface area contributed by atoms with Crippen LogP contribution in [0.1, 0.15) is 6.92 Å². The van der Waals surface area contributed by atoms with Gasteiger partial charge in [-0.05, 0) is 19.1 Å². The van der Waals surface area contributed by atoms with Gasteiger partial charge in [0.1, 0.15) is 6.17 Å². The fourth-order valence-corrected chi connectivity index (χ4v) is 0.927. The number of halogens is 1. The van der Waals surface area contributed by atoms with Crippen molar-refractivity contribution in [3.8, 4) is 0 Å². The molecule has 2 unspecified atom stereocenters. The Morgan fingerprint density at radius 3 is 2.14 bits per heavy atom. The first kappa shape index (κ1) is 13.0. The summed E-state index contributed by atoms with van der Waals surface area (Å²) in [5, 5.41) is 0. The lowest BCUT2D eigenvalue weighted by atomic mass is 10.4. The lowest BCUT2D eigenvalue weighted by molar-refractivity contribution is 0.431. The predicted molar refractivity (Wildman–Crippen MR) is 56.2 cm³/mol. The fraction of sp³-hybridized carbons (Fsp3) is 0.200. The molecule has 2 atom stereocenters. The lowest BCUT2D eigenvalue weighted by Crippen LogP contribution is -1.84. The quantitative estimate of drug-likeness (QED) is 0.609. The standard InChI is InChI=1S/C6H6O2S.C4H7F/c7-9(8)6-4-2-1-3-5-6;1-3-4(2)5/h1-5H,(H,7,8);3-4H,1H2,2H3. The van der Waals surface area contributed by atoms with E-state index in [4.69, 9.17) is 4.55 Å². The van der Waals surface area contributed by atoms with Crippen LogP contribution in [0.4, 0.5) is 4.39 Å². The summed E-state index contributed by atoms with van der Waals surface area (Å²) in [5.74, 6) is 0. The van der Waals surface area contributed by atoms with E-state index in [2.05, 4.69) is 6.58 Å². The van der Waals surface area contributed by atoms with Gasteiger partial charge in [0.2, 0.25) is 0 Å². The molecule has 1 aromatic rings. The minimum absolute atomic E-state index is 0.442. The van der Waals surface area contributed by atoms with Gasteiger partial charge >= 0.3 is 0 Å². The Morgan fingerprint density at radius 2 is 1.93 bits per heavy atom. The van der Waals surface area contributed by atoms with E-state index in [1.54, 1.807) is 30.3 Å². The maximum Gasteiger partial charge on any atom is 0.186 e. The highest BCUT2D eigenvalue weighted by Gasteiger charge is 1.93. The van der Waals surface area contributed by atoms with Crippen LogP contribution in [0.15, 0.2) is 47.9 Å². The monoisotopic (exact) mass is 216 g/mol. The number of alkyl halides is 1. The molecular weight excluding hydrogens is 203 g/mol. The first-order chi connectivity index (χ1) is 6.57. The zero-order valence-electron chi connectivity index (χ0n) is 7.89. The second-order valence-corrected chi connectivity index (χ2v) is 3.45. The average Bonchev–Trinajstić information content (AvgIpc) is 2.20. The first-order valence-corrected chi connectivity index (χ1v) is 5.11. The fourth-order valence-electron chi connectivity index (χ4n) is 0.537. The summed E-state index contributed by atoms with van der Waals surface area (Å²) in [4.78, 5) is 0.442. The molecule has 0 saturated heterocycles. The van der Waals surface area contributed by atoms with Crippen molar-refractivity contribution in [2.45, 2.75) is 18.0 Å². The molecule has 14 heavy (non-hydrogen) atoms. The van der Waals surface area contributed by atoms with Gasteiger partial charge < -0.3 is 4.55 Å². The predicted octanol–water partition coefficient (Wildman–Crippen LogP) is 2.80. The van der Waals surface area contributed by atoms with Crippen LogP contribution >= 0.6 is 0 Å². The Labute approximate surface area is 85.8 Å². The van der Waals surface area contributed by atoms with Crippen LogP contribution in [0.5, 0.6) is 0 Å². The van der Waals surface area contributed by atoms with Crippen LogP contribution < -0.4 is 0 Å². The van der Waals surface area contributed by atoms with Crippen LogP contribution in [-0.2, 0) is 11.1 Å². The summed E-state index contributed by atoms with van der Waals surface area (Å²) in [6.07, 6.45) is 0.398. The van der Waals surface area contributed by atoms with Crippen molar-refractivity contribution < 1.29 is 13.2 Å². The van der Waals surface area contributed by atoms with Gasteiger partial charge in [0.15, 0.2) is 11.1 Å². The maximum atomic E-state index is 11.3. The van der Waals surface area contributed by atoms with Crippen LogP contribution in [0.25, 0.3) is 0 Å². The largest absolute Gasteiger partial charge is 0.302 e. The number of benzene rings is 1. The smallest absolute Gasteiger partial charge is 0.186 e. The van der Waals surface area contributed by atoms with Crippen LogP contribution in [0.3, 0.4) is 0 Å². The molecule has 0 bridgehead atoms. The van der Waals surface area contributed by atoms with Gasteiger partial charge in [0.25, 0.3) is 0 Å². The van der Waals surface area contributed by atoms with Crippen molar-refractivity contribution in [3.05, 3.63) is 43.0 Å². The second kappa shape index (κ2) is 7.41. The molecule has 2 nitrogen and oxygen atoms in total. The van der Waals surface area contributed by atoms with Gasteiger partial charge in [-0.15, -0.1) is 6.58 Å². The molecule has 4 heteroatoms. The van der Waals surface area contributed by atoms with E-state index in [-0.39, 0.29) is 0 Å². The van der Waals surface area contributed by atoms with Gasteiger partial charge in [0, 0.05) is 0 Å². The molecule has 0 fully saturated rings. The molecule has 0 aliphatic heterocycles. The average molecular weight is 216 g/mol. The molecule has 1 rings (SSSR count). The number of hydrogen-bond donors (Lipinski definition) is 1. The van der Waals surface area contributed by atoms with Crippen molar-refractivity contribution >= 4 is 11.1 Å². The Morgan fingerprint density at radius 1 is 1.50 bits per heavy atom. The van der Waals surface area contributed by atoms with Gasteiger partial charge in [-0.25, -0.2) is 8.60 Å². The van der Waals surface area contributed by atoms with E-state index in [0.29, 0.717) is 4.90 Å². The first-order valence-electron chi connectivity index (χ1n) is 4.00. The van der Waals surface area contributed by atoms with Crippen molar-refractivity contribution in [1.82, 2.24) is 0 Å². The SMILES string of the molecule is C=CC(C)F.O=S(O)c1ccccc1. The number of allylic oxidation sites excluding steroid dienone is 1. The molecule has 0 heterocycles. The van der Waals surface area contributed by atoms with Crippen LogP contribution in [-0.4, -0.2) is 14.9 Å². The zero-order chi connectivity index (χ0) is 11.0. The maximum absolute atomic E-state index is 11.3. The zero-order valence-corrected chi connectivity index (χ0v) is 8.71. The highest BCUT2D eigenvalue weighted by atomic mass is 32.2. The molecule has 0 aromatic heterocycles. The molecule has 0 saturated carbocycles. The highest BCUT2D eigenvalue weighted by molar-refractivity contribution is 7.79. The van der Waals surface area contributed by atoms with Gasteiger partial charge in [-0.2, -0.15) is 0 Å². The summed E-state index contributed by atoms with van der Waals surface area (Å²) >= 11 is -1.83. The topological polar surface area (TPSA) is 37.3 Å². The van der Waals surface area contributed by atoms with Crippen LogP contribution in [0.2, 0.25) is 0 Å². The molecule has 0 radical (unpaired) electrons. The van der Waals surface area contributed by atoms with Crippen molar-refractivity contribution in [2.75, 3.05) is 0 Å². The Balaban J connectivity index is 0.000000292. The molecule has 0 spiro atoms. The summed E-state index contributed by atoms with van der Waals surface area (Å²) in [5.41, 5.74) is 0. The molecule has 78 valence electrons. The molecular formula is C10H13FO2S. The Kier molecular flexibility index (Phi) is 6.88. The van der Waals surface area contributed by atoms with Gasteiger partial charge in [-0.3, -0.25) is 0 Å². The van der Waals surface area contributed by atoms with Crippen LogP contribution in [0, 0.1) is 0 Å². The molecule has 1 N–H and O–H groups in total. The Bertz CT molecular complexity index is 285. The minimum Gasteiger partial charge on any atom is -0.302 e. The van der Waals surface area contributed by atoms with Crippen molar-refractivity contribution in [2.24, 2.45) is 0 Å². The number of hydrogen-bond acceptors (Lipinski definition) is 1. The Hall–Kier alpha value is -1.00. The molecule has 0 aliphatic carbocycles. The third kappa shape index (κ3) is 6.51.